The molecule has 1 atom stereocenters. The second-order valence-electron chi connectivity index (χ2n) is 9.03. The second kappa shape index (κ2) is 10.4. The Balaban J connectivity index is 1.43. The van der Waals surface area contributed by atoms with Crippen molar-refractivity contribution < 1.29 is 13.5 Å². The van der Waals surface area contributed by atoms with Crippen LogP contribution in [0.4, 0.5) is 8.78 Å². The quantitative estimate of drug-likeness (QED) is 0.221. The van der Waals surface area contributed by atoms with Crippen LogP contribution in [0.5, 0.6) is 0 Å². The minimum absolute atomic E-state index is 0.0686. The standard InChI is InChI=1S/C29H24F2N4OS/c30-24-13-12-19(15-25(24)31)18-37-29-34-33-28(35(29)17-21-9-6-14-36-21)23-16-27(20-7-2-1-3-8-20)32-26-11-5-4-10-22(23)26/h1-5,7-8,10-13,15-16,21H,6,9,14,17-18H2/t21-/m1/s1. The van der Waals surface area contributed by atoms with Gasteiger partial charge in [0.1, 0.15) is 0 Å². The monoisotopic (exact) mass is 514 g/mol. The maximum Gasteiger partial charge on any atom is 0.191 e. The van der Waals surface area contributed by atoms with Crippen LogP contribution >= 0.6 is 11.8 Å². The highest BCUT2D eigenvalue weighted by atomic mass is 32.2. The number of hydrogen-bond acceptors (Lipinski definition) is 5. The first-order valence-corrected chi connectivity index (χ1v) is 13.2. The molecule has 1 fully saturated rings. The summed E-state index contributed by atoms with van der Waals surface area (Å²) in [5, 5.41) is 10.9. The van der Waals surface area contributed by atoms with E-state index in [1.54, 1.807) is 6.07 Å². The van der Waals surface area contributed by atoms with Crippen LogP contribution < -0.4 is 0 Å². The van der Waals surface area contributed by atoms with E-state index in [-0.39, 0.29) is 6.10 Å². The van der Waals surface area contributed by atoms with Gasteiger partial charge in [0.25, 0.3) is 0 Å². The smallest absolute Gasteiger partial charge is 0.191 e. The van der Waals surface area contributed by atoms with Crippen LogP contribution in [0.2, 0.25) is 0 Å². The third-order valence-corrected chi connectivity index (χ3v) is 7.54. The second-order valence-corrected chi connectivity index (χ2v) is 9.97. The molecule has 0 aliphatic carbocycles. The summed E-state index contributed by atoms with van der Waals surface area (Å²) in [4.78, 5) is 4.91. The zero-order valence-corrected chi connectivity index (χ0v) is 20.8. The van der Waals surface area contributed by atoms with Crippen LogP contribution in [0.25, 0.3) is 33.5 Å². The maximum absolute atomic E-state index is 13.8. The fourth-order valence-corrected chi connectivity index (χ4v) is 5.54. The summed E-state index contributed by atoms with van der Waals surface area (Å²) in [6.45, 7) is 1.36. The van der Waals surface area contributed by atoms with E-state index in [0.29, 0.717) is 23.0 Å². The molecule has 0 bridgehead atoms. The fourth-order valence-electron chi connectivity index (χ4n) is 4.65. The van der Waals surface area contributed by atoms with Crippen LogP contribution in [0.1, 0.15) is 18.4 Å². The topological polar surface area (TPSA) is 52.8 Å². The molecule has 37 heavy (non-hydrogen) atoms. The van der Waals surface area contributed by atoms with Crippen LogP contribution in [0, 0.1) is 11.6 Å². The van der Waals surface area contributed by atoms with Crippen molar-refractivity contribution in [3.63, 3.8) is 0 Å². The molecule has 5 aromatic rings. The van der Waals surface area contributed by atoms with Gasteiger partial charge in [-0.25, -0.2) is 13.8 Å². The van der Waals surface area contributed by atoms with Gasteiger partial charge < -0.3 is 4.74 Å². The van der Waals surface area contributed by atoms with Crippen molar-refractivity contribution in [2.45, 2.75) is 36.4 Å². The van der Waals surface area contributed by atoms with E-state index in [0.717, 1.165) is 59.1 Å². The van der Waals surface area contributed by atoms with Gasteiger partial charge in [0.2, 0.25) is 0 Å². The first-order valence-electron chi connectivity index (χ1n) is 12.2. The van der Waals surface area contributed by atoms with Crippen molar-refractivity contribution in [3.8, 4) is 22.6 Å². The number of fused-ring (bicyclic) bond motifs is 1. The minimum atomic E-state index is -0.851. The number of para-hydroxylation sites is 1. The van der Waals surface area contributed by atoms with Gasteiger partial charge in [-0.1, -0.05) is 66.4 Å². The molecule has 0 radical (unpaired) electrons. The highest BCUT2D eigenvalue weighted by Gasteiger charge is 2.23. The van der Waals surface area contributed by atoms with Crippen LogP contribution in [0.15, 0.2) is 84.0 Å². The Morgan fingerprint density at radius 1 is 0.919 bits per heavy atom. The molecule has 0 spiro atoms. The Morgan fingerprint density at radius 3 is 2.57 bits per heavy atom. The lowest BCUT2D eigenvalue weighted by Gasteiger charge is -2.16. The van der Waals surface area contributed by atoms with Gasteiger partial charge in [-0.05, 0) is 42.7 Å². The van der Waals surface area contributed by atoms with E-state index in [9.17, 15) is 8.78 Å². The number of rotatable bonds is 7. The Kier molecular flexibility index (Phi) is 6.68. The molecule has 186 valence electrons. The van der Waals surface area contributed by atoms with Crippen LogP contribution in [0.3, 0.4) is 0 Å². The van der Waals surface area contributed by atoms with Gasteiger partial charge in [-0.3, -0.25) is 4.57 Å². The molecule has 3 aromatic carbocycles. The predicted octanol–water partition coefficient (Wildman–Crippen LogP) is 6.91. The lowest BCUT2D eigenvalue weighted by Crippen LogP contribution is -2.16. The van der Waals surface area contributed by atoms with Gasteiger partial charge in [0.05, 0.1) is 23.9 Å². The molecular weight excluding hydrogens is 490 g/mol. The number of ether oxygens (including phenoxy) is 1. The molecule has 3 heterocycles. The third-order valence-electron chi connectivity index (χ3n) is 6.51. The first-order chi connectivity index (χ1) is 18.2. The zero-order chi connectivity index (χ0) is 25.2. The molecule has 0 saturated carbocycles. The van der Waals surface area contributed by atoms with Crippen molar-refractivity contribution in [3.05, 3.63) is 96.1 Å². The number of aromatic nitrogens is 4. The highest BCUT2D eigenvalue weighted by molar-refractivity contribution is 7.98. The summed E-state index contributed by atoms with van der Waals surface area (Å²) in [5.74, 6) is -0.528. The van der Waals surface area contributed by atoms with Gasteiger partial charge in [0.15, 0.2) is 22.6 Å². The lowest BCUT2D eigenvalue weighted by molar-refractivity contribution is 0.0953. The van der Waals surface area contributed by atoms with Gasteiger partial charge in [0, 0.05) is 28.9 Å². The molecule has 0 amide bonds. The van der Waals surface area contributed by atoms with Crippen molar-refractivity contribution in [2.75, 3.05) is 6.61 Å². The number of halogens is 2. The molecule has 8 heteroatoms. The molecular formula is C29H24F2N4OS. The molecule has 1 saturated heterocycles. The largest absolute Gasteiger partial charge is 0.376 e. The number of pyridine rings is 1. The Bertz CT molecular complexity index is 1550. The van der Waals surface area contributed by atoms with E-state index < -0.39 is 11.6 Å². The molecule has 1 aliphatic heterocycles. The Morgan fingerprint density at radius 2 is 1.76 bits per heavy atom. The Hall–Kier alpha value is -3.62. The Labute approximate surface area is 217 Å². The number of thioether (sulfide) groups is 1. The van der Waals surface area contributed by atoms with E-state index in [1.807, 2.05) is 54.6 Å². The molecule has 2 aromatic heterocycles. The summed E-state index contributed by atoms with van der Waals surface area (Å²) < 4.78 is 35.2. The van der Waals surface area contributed by atoms with Crippen LogP contribution in [-0.2, 0) is 17.0 Å². The highest BCUT2D eigenvalue weighted by Crippen LogP contribution is 2.34. The van der Waals surface area contributed by atoms with E-state index in [2.05, 4.69) is 20.8 Å². The van der Waals surface area contributed by atoms with E-state index in [4.69, 9.17) is 9.72 Å². The van der Waals surface area contributed by atoms with Gasteiger partial charge in [-0.15, -0.1) is 10.2 Å². The predicted molar refractivity (Wildman–Crippen MR) is 141 cm³/mol. The fraction of sp³-hybridized carbons (Fsp3) is 0.207. The molecule has 5 nitrogen and oxygen atoms in total. The summed E-state index contributed by atoms with van der Waals surface area (Å²) in [5.41, 5.74) is 4.37. The zero-order valence-electron chi connectivity index (χ0n) is 20.0. The lowest BCUT2D eigenvalue weighted by atomic mass is 10.0. The van der Waals surface area contributed by atoms with Gasteiger partial charge >= 0.3 is 0 Å². The maximum atomic E-state index is 13.8. The average Bonchev–Trinajstić information content (AvgIpc) is 3.59. The van der Waals surface area contributed by atoms with Crippen molar-refractivity contribution in [2.24, 2.45) is 0 Å². The average molecular weight is 515 g/mol. The SMILES string of the molecule is Fc1ccc(CSc2nnc(-c3cc(-c4ccccc4)nc4ccccc34)n2C[C@H]2CCCO2)cc1F. The number of benzene rings is 3. The molecule has 0 N–H and O–H groups in total. The summed E-state index contributed by atoms with van der Waals surface area (Å²) in [7, 11) is 0. The first kappa shape index (κ1) is 23.8. The molecule has 0 unspecified atom stereocenters. The van der Waals surface area contributed by atoms with Crippen molar-refractivity contribution in [1.29, 1.82) is 0 Å². The van der Waals surface area contributed by atoms with E-state index >= 15 is 0 Å². The summed E-state index contributed by atoms with van der Waals surface area (Å²) in [6, 6.07) is 24.1. The van der Waals surface area contributed by atoms with Crippen molar-refractivity contribution in [1.82, 2.24) is 19.7 Å². The van der Waals surface area contributed by atoms with Crippen LogP contribution in [-0.4, -0.2) is 32.5 Å². The van der Waals surface area contributed by atoms with Gasteiger partial charge in [-0.2, -0.15) is 0 Å². The third kappa shape index (κ3) is 4.99. The normalized spacial score (nSPS) is 15.5. The number of nitrogens with zero attached hydrogens (tertiary/aromatic N) is 4. The molecule has 1 aliphatic rings. The molecule has 6 rings (SSSR count). The number of hydrogen-bond donors (Lipinski definition) is 0. The summed E-state index contributed by atoms with van der Waals surface area (Å²) >= 11 is 1.45. The van der Waals surface area contributed by atoms with E-state index in [1.165, 1.54) is 17.8 Å². The van der Waals surface area contributed by atoms with Crippen molar-refractivity contribution >= 4 is 22.7 Å². The summed E-state index contributed by atoms with van der Waals surface area (Å²) in [6.07, 6.45) is 2.06. The minimum Gasteiger partial charge on any atom is -0.376 e.